The molecule has 1 fully saturated rings. The molecule has 19 heavy (non-hydrogen) atoms. The Labute approximate surface area is 117 Å². The molecule has 1 saturated heterocycles. The summed E-state index contributed by atoms with van der Waals surface area (Å²) in [5.74, 6) is 1.24. The fourth-order valence-corrected chi connectivity index (χ4v) is 2.65. The molecule has 0 saturated carbocycles. The molecule has 0 aromatic carbocycles. The first-order valence-corrected chi connectivity index (χ1v) is 7.45. The van der Waals surface area contributed by atoms with E-state index in [4.69, 9.17) is 0 Å². The fraction of sp³-hybridized carbons (Fsp3) is 0.688. The summed E-state index contributed by atoms with van der Waals surface area (Å²) in [7, 11) is 0. The predicted molar refractivity (Wildman–Crippen MR) is 80.1 cm³/mol. The second-order valence-electron chi connectivity index (χ2n) is 5.31. The third-order valence-electron chi connectivity index (χ3n) is 3.94. The molecular weight excluding hydrogens is 239 g/mol. The molecule has 2 nitrogen and oxygen atoms in total. The Bertz CT molecular complexity index is 382. The lowest BCUT2D eigenvalue weighted by Gasteiger charge is -2.36. The fourth-order valence-electron chi connectivity index (χ4n) is 2.65. The molecule has 0 N–H and O–H groups in total. The SMILES string of the molecule is CC.Cc1c(N2CCC(C(C)C)CC2)ccnc1F. The predicted octanol–water partition coefficient (Wildman–Crippen LogP) is 4.43. The number of piperidine rings is 1. The van der Waals surface area contributed by atoms with E-state index in [9.17, 15) is 4.39 Å². The summed E-state index contributed by atoms with van der Waals surface area (Å²) in [4.78, 5) is 5.97. The minimum atomic E-state index is -0.339. The zero-order valence-corrected chi connectivity index (χ0v) is 12.9. The molecule has 1 aliphatic heterocycles. The summed E-state index contributed by atoms with van der Waals surface area (Å²) in [6.45, 7) is 12.5. The van der Waals surface area contributed by atoms with E-state index >= 15 is 0 Å². The topological polar surface area (TPSA) is 16.1 Å². The third kappa shape index (κ3) is 3.92. The van der Waals surface area contributed by atoms with Crippen LogP contribution in [0.15, 0.2) is 12.3 Å². The summed E-state index contributed by atoms with van der Waals surface area (Å²) in [6, 6.07) is 1.92. The lowest BCUT2D eigenvalue weighted by molar-refractivity contribution is 0.311. The van der Waals surface area contributed by atoms with Crippen LogP contribution in [0.5, 0.6) is 0 Å². The van der Waals surface area contributed by atoms with E-state index in [1.807, 2.05) is 26.8 Å². The van der Waals surface area contributed by atoms with Gasteiger partial charge < -0.3 is 4.90 Å². The largest absolute Gasteiger partial charge is 0.371 e. The van der Waals surface area contributed by atoms with E-state index in [-0.39, 0.29) is 5.95 Å². The Balaban J connectivity index is 0.000000861. The first-order chi connectivity index (χ1) is 9.09. The van der Waals surface area contributed by atoms with Crippen molar-refractivity contribution in [3.05, 3.63) is 23.8 Å². The number of hydrogen-bond donors (Lipinski definition) is 0. The van der Waals surface area contributed by atoms with Crippen molar-refractivity contribution in [3.8, 4) is 0 Å². The Morgan fingerprint density at radius 1 is 1.26 bits per heavy atom. The molecule has 1 aromatic heterocycles. The quantitative estimate of drug-likeness (QED) is 0.736. The van der Waals surface area contributed by atoms with E-state index in [0.29, 0.717) is 5.56 Å². The summed E-state index contributed by atoms with van der Waals surface area (Å²) < 4.78 is 13.4. The molecule has 0 aliphatic carbocycles. The van der Waals surface area contributed by atoms with E-state index in [2.05, 4.69) is 23.7 Å². The first-order valence-electron chi connectivity index (χ1n) is 7.45. The summed E-state index contributed by atoms with van der Waals surface area (Å²) in [6.07, 6.45) is 3.98. The second-order valence-corrected chi connectivity index (χ2v) is 5.31. The van der Waals surface area contributed by atoms with Gasteiger partial charge in [-0.25, -0.2) is 4.98 Å². The zero-order valence-electron chi connectivity index (χ0n) is 12.9. The highest BCUT2D eigenvalue weighted by Crippen LogP contribution is 2.29. The van der Waals surface area contributed by atoms with Gasteiger partial charge in [0, 0.05) is 30.5 Å². The number of hydrogen-bond acceptors (Lipinski definition) is 2. The van der Waals surface area contributed by atoms with Gasteiger partial charge in [-0.15, -0.1) is 0 Å². The minimum absolute atomic E-state index is 0.339. The lowest BCUT2D eigenvalue weighted by atomic mass is 9.86. The van der Waals surface area contributed by atoms with Crippen LogP contribution in [0.1, 0.15) is 46.1 Å². The number of aromatic nitrogens is 1. The van der Waals surface area contributed by atoms with Gasteiger partial charge in [0.15, 0.2) is 0 Å². The number of nitrogens with zero attached hydrogens (tertiary/aromatic N) is 2. The van der Waals surface area contributed by atoms with E-state index < -0.39 is 0 Å². The lowest BCUT2D eigenvalue weighted by Crippen LogP contribution is -2.35. The molecule has 1 aliphatic rings. The molecule has 1 aromatic rings. The molecule has 0 spiro atoms. The average molecular weight is 266 g/mol. The molecule has 0 bridgehead atoms. The van der Waals surface area contributed by atoms with Crippen molar-refractivity contribution in [2.24, 2.45) is 11.8 Å². The van der Waals surface area contributed by atoms with Gasteiger partial charge in [0.1, 0.15) is 0 Å². The van der Waals surface area contributed by atoms with Crippen LogP contribution in [0.2, 0.25) is 0 Å². The highest BCUT2D eigenvalue weighted by Gasteiger charge is 2.23. The van der Waals surface area contributed by atoms with Gasteiger partial charge in [0.25, 0.3) is 0 Å². The molecule has 0 amide bonds. The standard InChI is InChI=1S/C14H21FN2.C2H6/c1-10(2)12-5-8-17(9-6-12)13-4-7-16-14(15)11(13)3;1-2/h4,7,10,12H,5-6,8-9H2,1-3H3;1-2H3. The van der Waals surface area contributed by atoms with Gasteiger partial charge in [0.2, 0.25) is 5.95 Å². The van der Waals surface area contributed by atoms with E-state index in [0.717, 1.165) is 30.6 Å². The van der Waals surface area contributed by atoms with Crippen LogP contribution in [0.4, 0.5) is 10.1 Å². The van der Waals surface area contributed by atoms with E-state index in [1.54, 1.807) is 6.20 Å². The van der Waals surface area contributed by atoms with Crippen LogP contribution in [0.3, 0.4) is 0 Å². The number of anilines is 1. The Hall–Kier alpha value is -1.12. The Kier molecular flexibility index (Phi) is 6.26. The molecular formula is C16H27FN2. The Morgan fingerprint density at radius 3 is 2.37 bits per heavy atom. The molecule has 3 heteroatoms. The van der Waals surface area contributed by atoms with Crippen LogP contribution in [-0.2, 0) is 0 Å². The van der Waals surface area contributed by atoms with Crippen LogP contribution < -0.4 is 4.90 Å². The zero-order chi connectivity index (χ0) is 14.4. The summed E-state index contributed by atoms with van der Waals surface area (Å²) in [5, 5.41) is 0. The normalized spacial score (nSPS) is 16.3. The maximum absolute atomic E-state index is 13.4. The van der Waals surface area contributed by atoms with Crippen molar-refractivity contribution in [1.29, 1.82) is 0 Å². The monoisotopic (exact) mass is 266 g/mol. The molecule has 0 atom stereocenters. The maximum Gasteiger partial charge on any atom is 0.217 e. The van der Waals surface area contributed by atoms with Crippen LogP contribution in [0, 0.1) is 24.7 Å². The summed E-state index contributed by atoms with van der Waals surface area (Å²) in [5.41, 5.74) is 1.69. The molecule has 0 radical (unpaired) electrons. The van der Waals surface area contributed by atoms with Gasteiger partial charge >= 0.3 is 0 Å². The molecule has 0 unspecified atom stereocenters. The third-order valence-corrected chi connectivity index (χ3v) is 3.94. The highest BCUT2D eigenvalue weighted by molar-refractivity contribution is 5.52. The number of halogens is 1. The van der Waals surface area contributed by atoms with E-state index in [1.165, 1.54) is 12.8 Å². The number of rotatable bonds is 2. The summed E-state index contributed by atoms with van der Waals surface area (Å²) >= 11 is 0. The van der Waals surface area contributed by atoms with Crippen molar-refractivity contribution in [2.75, 3.05) is 18.0 Å². The molecule has 2 rings (SSSR count). The van der Waals surface area contributed by atoms with Crippen molar-refractivity contribution in [3.63, 3.8) is 0 Å². The van der Waals surface area contributed by atoms with Crippen molar-refractivity contribution in [1.82, 2.24) is 4.98 Å². The maximum atomic E-state index is 13.4. The average Bonchev–Trinajstić information content (AvgIpc) is 2.44. The van der Waals surface area contributed by atoms with Crippen LogP contribution >= 0.6 is 0 Å². The second kappa shape index (κ2) is 7.46. The van der Waals surface area contributed by atoms with Crippen molar-refractivity contribution < 1.29 is 4.39 Å². The Morgan fingerprint density at radius 2 is 1.84 bits per heavy atom. The smallest absolute Gasteiger partial charge is 0.217 e. The number of pyridine rings is 1. The first kappa shape index (κ1) is 15.9. The van der Waals surface area contributed by atoms with Crippen LogP contribution in [-0.4, -0.2) is 18.1 Å². The molecule has 2 heterocycles. The van der Waals surface area contributed by atoms with Gasteiger partial charge in [-0.1, -0.05) is 27.7 Å². The highest BCUT2D eigenvalue weighted by atomic mass is 19.1. The van der Waals surface area contributed by atoms with Crippen molar-refractivity contribution >= 4 is 5.69 Å². The van der Waals surface area contributed by atoms with Gasteiger partial charge in [-0.2, -0.15) is 4.39 Å². The minimum Gasteiger partial charge on any atom is -0.371 e. The van der Waals surface area contributed by atoms with Crippen molar-refractivity contribution in [2.45, 2.75) is 47.5 Å². The van der Waals surface area contributed by atoms with Gasteiger partial charge in [-0.05, 0) is 37.7 Å². The van der Waals surface area contributed by atoms with Gasteiger partial charge in [-0.3, -0.25) is 0 Å². The van der Waals surface area contributed by atoms with Gasteiger partial charge in [0.05, 0.1) is 0 Å². The molecule has 108 valence electrons. The van der Waals surface area contributed by atoms with Crippen LogP contribution in [0.25, 0.3) is 0 Å².